The van der Waals surface area contributed by atoms with Crippen molar-refractivity contribution in [2.24, 2.45) is 4.99 Å². The summed E-state index contributed by atoms with van der Waals surface area (Å²) >= 11 is 0. The highest BCUT2D eigenvalue weighted by Gasteiger charge is 1.92. The zero-order valence-electron chi connectivity index (χ0n) is 3.70. The maximum atomic E-state index is 9.64. The molecule has 0 saturated heterocycles. The van der Waals surface area contributed by atoms with Gasteiger partial charge >= 0.3 is 10.1 Å². The number of hydrogen-bond acceptors (Lipinski definition) is 3. The lowest BCUT2D eigenvalue weighted by Crippen LogP contribution is -1.95. The summed E-state index contributed by atoms with van der Waals surface area (Å²) in [6, 6.07) is 0. The molecule has 0 amide bonds. The van der Waals surface area contributed by atoms with Gasteiger partial charge in [-0.3, -0.25) is 9.55 Å². The molecule has 0 aromatic carbocycles. The average molecular weight is 123 g/mol. The van der Waals surface area contributed by atoms with Crippen molar-refractivity contribution in [3.05, 3.63) is 0 Å². The SMILES string of the molecule is CN=CS(=O)(=O)O. The van der Waals surface area contributed by atoms with Gasteiger partial charge in [-0.15, -0.1) is 0 Å². The maximum Gasteiger partial charge on any atom is 0.304 e. The van der Waals surface area contributed by atoms with Gasteiger partial charge in [-0.1, -0.05) is 0 Å². The Labute approximate surface area is 41.6 Å². The van der Waals surface area contributed by atoms with Gasteiger partial charge < -0.3 is 0 Å². The molecule has 0 rings (SSSR count). The Kier molecular flexibility index (Phi) is 1.91. The van der Waals surface area contributed by atoms with Crippen LogP contribution in [-0.4, -0.2) is 25.6 Å². The third kappa shape index (κ3) is 5.58. The minimum atomic E-state index is -3.97. The van der Waals surface area contributed by atoms with E-state index in [4.69, 9.17) is 4.55 Å². The number of nitrogens with zero attached hydrogens (tertiary/aromatic N) is 1. The molecule has 0 fully saturated rings. The Hall–Kier alpha value is -0.420. The standard InChI is InChI=1S/C2H5NO3S/c1-3-2-7(4,5)6/h2H,1H3,(H,4,5,6). The van der Waals surface area contributed by atoms with Crippen molar-refractivity contribution in [3.8, 4) is 0 Å². The third-order valence-corrected chi connectivity index (χ3v) is 0.716. The fraction of sp³-hybridized carbons (Fsp3) is 0.500. The van der Waals surface area contributed by atoms with Crippen molar-refractivity contribution in [2.45, 2.75) is 0 Å². The Balaban J connectivity index is 4.13. The summed E-state index contributed by atoms with van der Waals surface area (Å²) in [5.41, 5.74) is 0.465. The molecule has 0 aromatic rings. The Morgan fingerprint density at radius 3 is 2.14 bits per heavy atom. The minimum absolute atomic E-state index is 0.465. The lowest BCUT2D eigenvalue weighted by molar-refractivity contribution is 0.499. The van der Waals surface area contributed by atoms with Crippen LogP contribution in [0, 0.1) is 0 Å². The number of hydrogen-bond donors (Lipinski definition) is 1. The van der Waals surface area contributed by atoms with Crippen LogP contribution in [0.1, 0.15) is 0 Å². The van der Waals surface area contributed by atoms with E-state index < -0.39 is 10.1 Å². The first-order chi connectivity index (χ1) is 3.06. The predicted molar refractivity (Wildman–Crippen MR) is 26.0 cm³/mol. The van der Waals surface area contributed by atoms with Crippen molar-refractivity contribution in [3.63, 3.8) is 0 Å². The first kappa shape index (κ1) is 6.58. The molecule has 0 aliphatic rings. The minimum Gasteiger partial charge on any atom is -0.282 e. The fourth-order valence-corrected chi connectivity index (χ4v) is 0.400. The van der Waals surface area contributed by atoms with Crippen molar-refractivity contribution in [1.29, 1.82) is 0 Å². The molecule has 0 aliphatic carbocycles. The Bertz CT molecular complexity index is 156. The molecule has 4 nitrogen and oxygen atoms in total. The summed E-state index contributed by atoms with van der Waals surface area (Å²) in [5.74, 6) is 0. The normalized spacial score (nSPS) is 12.9. The molecule has 0 unspecified atom stereocenters. The van der Waals surface area contributed by atoms with Crippen molar-refractivity contribution in [1.82, 2.24) is 0 Å². The average Bonchev–Trinajstić information content (AvgIpc) is 1.30. The second-order valence-corrected chi connectivity index (χ2v) is 2.12. The largest absolute Gasteiger partial charge is 0.304 e. The zero-order chi connectivity index (χ0) is 5.91. The van der Waals surface area contributed by atoms with Crippen LogP contribution in [0.5, 0.6) is 0 Å². The highest BCUT2D eigenvalue weighted by molar-refractivity contribution is 7.99. The van der Waals surface area contributed by atoms with Gasteiger partial charge in [0, 0.05) is 7.05 Å². The van der Waals surface area contributed by atoms with Crippen LogP contribution in [0.25, 0.3) is 0 Å². The van der Waals surface area contributed by atoms with E-state index in [9.17, 15) is 8.42 Å². The predicted octanol–water partition coefficient (Wildman–Crippen LogP) is -0.468. The first-order valence-corrected chi connectivity index (χ1v) is 2.96. The Morgan fingerprint density at radius 1 is 1.71 bits per heavy atom. The van der Waals surface area contributed by atoms with Gasteiger partial charge in [-0.25, -0.2) is 0 Å². The van der Waals surface area contributed by atoms with Crippen molar-refractivity contribution >= 4 is 15.7 Å². The van der Waals surface area contributed by atoms with Gasteiger partial charge in [-0.05, 0) is 0 Å². The summed E-state index contributed by atoms with van der Waals surface area (Å²) in [7, 11) is -2.71. The van der Waals surface area contributed by atoms with Crippen LogP contribution in [0.2, 0.25) is 0 Å². The topological polar surface area (TPSA) is 66.7 Å². The van der Waals surface area contributed by atoms with E-state index in [2.05, 4.69) is 4.99 Å². The lowest BCUT2D eigenvalue weighted by Gasteiger charge is -1.75. The monoisotopic (exact) mass is 123 g/mol. The van der Waals surface area contributed by atoms with Gasteiger partial charge in [0.2, 0.25) is 0 Å². The van der Waals surface area contributed by atoms with E-state index in [0.29, 0.717) is 5.55 Å². The van der Waals surface area contributed by atoms with Gasteiger partial charge in [0.25, 0.3) is 0 Å². The van der Waals surface area contributed by atoms with E-state index in [1.54, 1.807) is 0 Å². The molecule has 0 heterocycles. The maximum absolute atomic E-state index is 9.64. The van der Waals surface area contributed by atoms with Gasteiger partial charge in [0.15, 0.2) is 0 Å². The second kappa shape index (κ2) is 2.04. The number of aliphatic imine (C=N–C) groups is 1. The molecule has 0 spiro atoms. The van der Waals surface area contributed by atoms with Gasteiger partial charge in [0.1, 0.15) is 5.55 Å². The van der Waals surface area contributed by atoms with Gasteiger partial charge in [0.05, 0.1) is 0 Å². The summed E-state index contributed by atoms with van der Waals surface area (Å²) < 4.78 is 27.1. The summed E-state index contributed by atoms with van der Waals surface area (Å²) in [6.07, 6.45) is 0. The molecule has 0 aliphatic heterocycles. The van der Waals surface area contributed by atoms with E-state index in [0.717, 1.165) is 0 Å². The van der Waals surface area contributed by atoms with E-state index in [-0.39, 0.29) is 0 Å². The van der Waals surface area contributed by atoms with E-state index >= 15 is 0 Å². The van der Waals surface area contributed by atoms with Crippen molar-refractivity contribution < 1.29 is 13.0 Å². The molecule has 0 atom stereocenters. The molecule has 42 valence electrons. The smallest absolute Gasteiger partial charge is 0.282 e. The molecule has 5 heteroatoms. The van der Waals surface area contributed by atoms with Crippen molar-refractivity contribution in [2.75, 3.05) is 7.05 Å². The van der Waals surface area contributed by atoms with Gasteiger partial charge in [-0.2, -0.15) is 8.42 Å². The lowest BCUT2D eigenvalue weighted by atomic mass is 11.4. The molecule has 7 heavy (non-hydrogen) atoms. The van der Waals surface area contributed by atoms with Crippen LogP contribution in [-0.2, 0) is 10.1 Å². The summed E-state index contributed by atoms with van der Waals surface area (Å²) in [6.45, 7) is 0. The van der Waals surface area contributed by atoms with Crippen LogP contribution in [0.15, 0.2) is 4.99 Å². The van der Waals surface area contributed by atoms with Crippen LogP contribution in [0.3, 0.4) is 0 Å². The summed E-state index contributed by atoms with van der Waals surface area (Å²) in [4.78, 5) is 3.04. The molecule has 1 N–H and O–H groups in total. The molecular weight excluding hydrogens is 118 g/mol. The molecule has 0 saturated carbocycles. The molecule has 0 radical (unpaired) electrons. The van der Waals surface area contributed by atoms with Crippen LogP contribution in [0.4, 0.5) is 0 Å². The van der Waals surface area contributed by atoms with E-state index in [1.807, 2.05) is 0 Å². The highest BCUT2D eigenvalue weighted by Crippen LogP contribution is 1.69. The quantitative estimate of drug-likeness (QED) is 0.291. The summed E-state index contributed by atoms with van der Waals surface area (Å²) in [5, 5.41) is 0. The highest BCUT2D eigenvalue weighted by atomic mass is 32.2. The molecule has 0 aromatic heterocycles. The second-order valence-electron chi connectivity index (χ2n) is 0.879. The first-order valence-electron chi connectivity index (χ1n) is 1.46. The Morgan fingerprint density at radius 2 is 2.14 bits per heavy atom. The number of rotatable bonds is 1. The molecule has 0 bridgehead atoms. The van der Waals surface area contributed by atoms with Crippen LogP contribution < -0.4 is 0 Å². The zero-order valence-corrected chi connectivity index (χ0v) is 4.51. The van der Waals surface area contributed by atoms with Crippen LogP contribution >= 0.6 is 0 Å². The molecular formula is C2H5NO3S. The van der Waals surface area contributed by atoms with E-state index in [1.165, 1.54) is 7.05 Å². The third-order valence-electron chi connectivity index (χ3n) is 0.239. The fourth-order valence-electron chi connectivity index (χ4n) is 0.133.